The van der Waals surface area contributed by atoms with Crippen molar-refractivity contribution < 1.29 is 29.4 Å². The van der Waals surface area contributed by atoms with E-state index in [1.807, 2.05) is 0 Å². The van der Waals surface area contributed by atoms with E-state index in [0.29, 0.717) is 11.4 Å². The number of carboxylic acids is 2. The Balaban J connectivity index is 1.61. The van der Waals surface area contributed by atoms with Crippen LogP contribution in [0.15, 0.2) is 71.9 Å². The van der Waals surface area contributed by atoms with E-state index in [2.05, 4.69) is 15.6 Å². The molecule has 9 nitrogen and oxygen atoms in total. The lowest BCUT2D eigenvalue weighted by atomic mass is 10.0. The second-order valence-corrected chi connectivity index (χ2v) is 7.47. The monoisotopic (exact) mass is 451 g/mol. The molecule has 0 radical (unpaired) electrons. The number of carbonyl (C=O) groups excluding carboxylic acids is 2. The molecule has 0 saturated carbocycles. The van der Waals surface area contributed by atoms with Crippen LogP contribution in [0.25, 0.3) is 0 Å². The molecule has 0 aliphatic heterocycles. The third-order valence-corrected chi connectivity index (χ3v) is 5.20. The summed E-state index contributed by atoms with van der Waals surface area (Å²) in [4.78, 5) is 51.7. The van der Waals surface area contributed by atoms with Gasteiger partial charge in [0.15, 0.2) is 0 Å². The molecule has 0 spiro atoms. The molecule has 0 saturated heterocycles. The van der Waals surface area contributed by atoms with Crippen molar-refractivity contribution in [2.45, 2.75) is 4.90 Å². The maximum atomic E-state index is 12.5. The maximum Gasteiger partial charge on any atom is 0.336 e. The number of hydrogen-bond acceptors (Lipinski definition) is 6. The van der Waals surface area contributed by atoms with Crippen LogP contribution in [0, 0.1) is 0 Å². The standard InChI is InChI=1S/C22H17N3O6S/c26-19(24-15-7-9-23-10-8-15)12-32-16-4-2-14(3-5-16)25-20(27)17-6-1-13(21(28)29)11-18(17)22(30)31/h1-11H,12H2,(H,25,27)(H,28,29)(H,30,31)(H,23,24,26). The van der Waals surface area contributed by atoms with Crippen molar-refractivity contribution in [3.63, 3.8) is 0 Å². The minimum Gasteiger partial charge on any atom is -0.478 e. The highest BCUT2D eigenvalue weighted by Crippen LogP contribution is 2.22. The van der Waals surface area contributed by atoms with E-state index in [1.54, 1.807) is 48.8 Å². The van der Waals surface area contributed by atoms with Crippen molar-refractivity contribution in [3.05, 3.63) is 83.7 Å². The third kappa shape index (κ3) is 5.92. The highest BCUT2D eigenvalue weighted by Gasteiger charge is 2.19. The Bertz CT molecular complexity index is 1170. The Morgan fingerprint density at radius 3 is 2.06 bits per heavy atom. The topological polar surface area (TPSA) is 146 Å². The van der Waals surface area contributed by atoms with Gasteiger partial charge >= 0.3 is 11.9 Å². The van der Waals surface area contributed by atoms with Crippen LogP contribution in [0.2, 0.25) is 0 Å². The number of thioether (sulfide) groups is 1. The minimum atomic E-state index is -1.41. The van der Waals surface area contributed by atoms with E-state index >= 15 is 0 Å². The van der Waals surface area contributed by atoms with Crippen LogP contribution in [-0.2, 0) is 4.79 Å². The zero-order valence-corrected chi connectivity index (χ0v) is 17.3. The highest BCUT2D eigenvalue weighted by atomic mass is 32.2. The van der Waals surface area contributed by atoms with Crippen LogP contribution in [0.5, 0.6) is 0 Å². The average Bonchev–Trinajstić information content (AvgIpc) is 2.78. The summed E-state index contributed by atoms with van der Waals surface area (Å²) >= 11 is 1.31. The summed E-state index contributed by atoms with van der Waals surface area (Å²) in [6.07, 6.45) is 3.16. The second kappa shape index (κ2) is 10.2. The van der Waals surface area contributed by atoms with E-state index in [1.165, 1.54) is 17.8 Å². The lowest BCUT2D eigenvalue weighted by Crippen LogP contribution is -2.17. The Labute approximate surface area is 186 Å². The van der Waals surface area contributed by atoms with Gasteiger partial charge in [-0.05, 0) is 54.6 Å². The van der Waals surface area contributed by atoms with E-state index in [0.717, 1.165) is 17.0 Å². The number of pyridine rings is 1. The molecule has 32 heavy (non-hydrogen) atoms. The molecule has 0 bridgehead atoms. The van der Waals surface area contributed by atoms with E-state index in [9.17, 15) is 24.3 Å². The summed E-state index contributed by atoms with van der Waals surface area (Å²) in [5, 5.41) is 23.7. The molecule has 1 aromatic heterocycles. The number of aromatic carboxylic acids is 2. The first kappa shape index (κ1) is 22.5. The van der Waals surface area contributed by atoms with Crippen molar-refractivity contribution in [1.82, 2.24) is 4.98 Å². The largest absolute Gasteiger partial charge is 0.478 e. The number of benzene rings is 2. The van der Waals surface area contributed by atoms with Crippen LogP contribution in [0.3, 0.4) is 0 Å². The van der Waals surface area contributed by atoms with Gasteiger partial charge in [-0.3, -0.25) is 14.6 Å². The summed E-state index contributed by atoms with van der Waals surface area (Å²) in [6.45, 7) is 0. The van der Waals surface area contributed by atoms with Gasteiger partial charge in [0, 0.05) is 28.7 Å². The Morgan fingerprint density at radius 2 is 1.44 bits per heavy atom. The SMILES string of the molecule is O=C(CSc1ccc(NC(=O)c2ccc(C(=O)O)cc2C(=O)O)cc1)Nc1ccncc1. The summed E-state index contributed by atoms with van der Waals surface area (Å²) in [5.41, 5.74) is 0.275. The molecule has 0 unspecified atom stereocenters. The van der Waals surface area contributed by atoms with E-state index < -0.39 is 23.4 Å². The van der Waals surface area contributed by atoms with Gasteiger partial charge < -0.3 is 20.8 Å². The Morgan fingerprint density at radius 1 is 0.781 bits per heavy atom. The Hall–Kier alpha value is -4.18. The molecule has 10 heteroatoms. The number of carboxylic acid groups (broad SMARTS) is 2. The zero-order chi connectivity index (χ0) is 23.1. The first-order valence-corrected chi connectivity index (χ1v) is 10.2. The van der Waals surface area contributed by atoms with Gasteiger partial charge in [0.25, 0.3) is 5.91 Å². The fourth-order valence-corrected chi connectivity index (χ4v) is 3.36. The number of rotatable bonds is 8. The predicted molar refractivity (Wildman–Crippen MR) is 118 cm³/mol. The molecule has 0 atom stereocenters. The van der Waals surface area contributed by atoms with E-state index in [4.69, 9.17) is 5.11 Å². The molecule has 2 aromatic carbocycles. The smallest absolute Gasteiger partial charge is 0.336 e. The van der Waals surface area contributed by atoms with Crippen LogP contribution in [0.4, 0.5) is 11.4 Å². The first-order chi connectivity index (χ1) is 15.3. The summed E-state index contributed by atoms with van der Waals surface area (Å²) < 4.78 is 0. The number of carbonyl (C=O) groups is 4. The molecular weight excluding hydrogens is 434 g/mol. The normalized spacial score (nSPS) is 10.2. The fourth-order valence-electron chi connectivity index (χ4n) is 2.67. The number of anilines is 2. The van der Waals surface area contributed by atoms with Crippen molar-refractivity contribution in [1.29, 1.82) is 0 Å². The molecule has 0 fully saturated rings. The molecule has 0 aliphatic rings. The van der Waals surface area contributed by atoms with Crippen molar-refractivity contribution in [2.75, 3.05) is 16.4 Å². The van der Waals surface area contributed by atoms with Crippen LogP contribution in [-0.4, -0.2) is 44.7 Å². The molecule has 3 aromatic rings. The number of hydrogen-bond donors (Lipinski definition) is 4. The maximum absolute atomic E-state index is 12.5. The molecular formula is C22H17N3O6S. The van der Waals surface area contributed by atoms with E-state index in [-0.39, 0.29) is 22.8 Å². The fraction of sp³-hybridized carbons (Fsp3) is 0.0455. The molecule has 4 N–H and O–H groups in total. The number of nitrogens with one attached hydrogen (secondary N) is 2. The lowest BCUT2D eigenvalue weighted by molar-refractivity contribution is -0.113. The predicted octanol–water partition coefficient (Wildman–Crippen LogP) is 3.46. The molecule has 1 heterocycles. The first-order valence-electron chi connectivity index (χ1n) is 9.18. The highest BCUT2D eigenvalue weighted by molar-refractivity contribution is 8.00. The summed E-state index contributed by atoms with van der Waals surface area (Å²) in [6, 6.07) is 13.3. The van der Waals surface area contributed by atoms with Gasteiger partial charge in [0.05, 0.1) is 22.4 Å². The van der Waals surface area contributed by atoms with Gasteiger partial charge in [0.1, 0.15) is 0 Å². The van der Waals surface area contributed by atoms with Crippen molar-refractivity contribution >= 4 is 46.9 Å². The summed E-state index contributed by atoms with van der Waals surface area (Å²) in [7, 11) is 0. The van der Waals surface area contributed by atoms with Gasteiger partial charge in [-0.15, -0.1) is 11.8 Å². The van der Waals surface area contributed by atoms with Crippen molar-refractivity contribution in [3.8, 4) is 0 Å². The molecule has 2 amide bonds. The van der Waals surface area contributed by atoms with Crippen molar-refractivity contribution in [2.24, 2.45) is 0 Å². The number of aromatic nitrogens is 1. The number of amides is 2. The molecule has 162 valence electrons. The van der Waals surface area contributed by atoms with Gasteiger partial charge in [-0.2, -0.15) is 0 Å². The second-order valence-electron chi connectivity index (χ2n) is 6.42. The quantitative estimate of drug-likeness (QED) is 0.381. The Kier molecular flexibility index (Phi) is 7.19. The van der Waals surface area contributed by atoms with Crippen LogP contribution >= 0.6 is 11.8 Å². The number of nitrogens with zero attached hydrogens (tertiary/aromatic N) is 1. The third-order valence-electron chi connectivity index (χ3n) is 4.19. The minimum absolute atomic E-state index is 0.159. The average molecular weight is 451 g/mol. The zero-order valence-electron chi connectivity index (χ0n) is 16.4. The van der Waals surface area contributed by atoms with Gasteiger partial charge in [-0.25, -0.2) is 9.59 Å². The van der Waals surface area contributed by atoms with Crippen LogP contribution in [0.1, 0.15) is 31.1 Å². The van der Waals surface area contributed by atoms with Gasteiger partial charge in [0.2, 0.25) is 5.91 Å². The lowest BCUT2D eigenvalue weighted by Gasteiger charge is -2.09. The molecule has 0 aliphatic carbocycles. The molecule has 3 rings (SSSR count). The van der Waals surface area contributed by atoms with Gasteiger partial charge in [-0.1, -0.05) is 0 Å². The van der Waals surface area contributed by atoms with Crippen LogP contribution < -0.4 is 10.6 Å². The summed E-state index contributed by atoms with van der Waals surface area (Å²) in [5.74, 6) is -3.37.